The molecule has 3 amide bonds. The third-order valence-corrected chi connectivity index (χ3v) is 4.09. The molecule has 2 heterocycles. The lowest BCUT2D eigenvalue weighted by atomic mass is 9.97. The molecule has 2 N–H and O–H groups in total. The highest BCUT2D eigenvalue weighted by Crippen LogP contribution is 2.14. The molecular weight excluding hydrogens is 256 g/mol. The number of hydrogen-bond donors (Lipinski definition) is 2. The molecular formula is C14H26N4O2. The van der Waals surface area contributed by atoms with Gasteiger partial charge in [0, 0.05) is 19.6 Å². The van der Waals surface area contributed by atoms with Gasteiger partial charge in [0.05, 0.1) is 6.54 Å². The van der Waals surface area contributed by atoms with Crippen molar-refractivity contribution in [2.75, 3.05) is 45.8 Å². The van der Waals surface area contributed by atoms with Gasteiger partial charge in [-0.2, -0.15) is 0 Å². The summed E-state index contributed by atoms with van der Waals surface area (Å²) in [6.07, 6.45) is 3.55. The molecule has 2 rings (SSSR count). The van der Waals surface area contributed by atoms with Crippen LogP contribution in [-0.2, 0) is 4.79 Å². The van der Waals surface area contributed by atoms with E-state index in [1.54, 1.807) is 0 Å². The first kappa shape index (κ1) is 15.3. The van der Waals surface area contributed by atoms with E-state index in [2.05, 4.69) is 22.5 Å². The average molecular weight is 282 g/mol. The van der Waals surface area contributed by atoms with Crippen molar-refractivity contribution in [1.82, 2.24) is 20.4 Å². The molecule has 0 radical (unpaired) electrons. The van der Waals surface area contributed by atoms with E-state index in [1.807, 2.05) is 0 Å². The zero-order valence-electron chi connectivity index (χ0n) is 12.4. The van der Waals surface area contributed by atoms with E-state index in [9.17, 15) is 9.59 Å². The monoisotopic (exact) mass is 282 g/mol. The molecule has 0 saturated carbocycles. The van der Waals surface area contributed by atoms with Gasteiger partial charge >= 0.3 is 6.03 Å². The highest BCUT2D eigenvalue weighted by Gasteiger charge is 2.28. The maximum Gasteiger partial charge on any atom is 0.324 e. The number of imide groups is 1. The second-order valence-electron chi connectivity index (χ2n) is 5.70. The molecule has 2 aliphatic heterocycles. The first-order chi connectivity index (χ1) is 9.70. The molecule has 0 aromatic rings. The molecule has 0 aromatic heterocycles. The number of piperidine rings is 1. The van der Waals surface area contributed by atoms with Gasteiger partial charge in [-0.3, -0.25) is 9.69 Å². The smallest absolute Gasteiger partial charge is 0.324 e. The van der Waals surface area contributed by atoms with Crippen molar-refractivity contribution in [3.05, 3.63) is 0 Å². The fraction of sp³-hybridized carbons (Fsp3) is 0.857. The molecule has 0 unspecified atom stereocenters. The maximum absolute atomic E-state index is 11.6. The number of urea groups is 1. The molecule has 0 aliphatic carbocycles. The maximum atomic E-state index is 11.6. The van der Waals surface area contributed by atoms with E-state index in [0.29, 0.717) is 6.54 Å². The quantitative estimate of drug-likeness (QED) is 0.657. The summed E-state index contributed by atoms with van der Waals surface area (Å²) >= 11 is 0. The van der Waals surface area contributed by atoms with Crippen LogP contribution in [0.4, 0.5) is 4.79 Å². The summed E-state index contributed by atoms with van der Waals surface area (Å²) in [6.45, 7) is 7.96. The van der Waals surface area contributed by atoms with Gasteiger partial charge in [0.25, 0.3) is 0 Å². The molecule has 6 heteroatoms. The molecule has 6 nitrogen and oxygen atoms in total. The Morgan fingerprint density at radius 3 is 2.60 bits per heavy atom. The Hall–Kier alpha value is -1.14. The Balaban J connectivity index is 1.79. The lowest BCUT2D eigenvalue weighted by Gasteiger charge is -2.30. The Morgan fingerprint density at radius 1 is 1.25 bits per heavy atom. The third kappa shape index (κ3) is 4.18. The second-order valence-corrected chi connectivity index (χ2v) is 5.70. The van der Waals surface area contributed by atoms with Crippen LogP contribution < -0.4 is 10.6 Å². The van der Waals surface area contributed by atoms with Crippen LogP contribution in [0.5, 0.6) is 0 Å². The van der Waals surface area contributed by atoms with Crippen molar-refractivity contribution >= 4 is 11.9 Å². The minimum Gasteiger partial charge on any atom is -0.329 e. The predicted molar refractivity (Wildman–Crippen MR) is 77.4 cm³/mol. The minimum absolute atomic E-state index is 0.103. The van der Waals surface area contributed by atoms with E-state index in [4.69, 9.17) is 0 Å². The topological polar surface area (TPSA) is 64.7 Å². The zero-order chi connectivity index (χ0) is 14.4. The number of carbonyl (C=O) groups is 2. The van der Waals surface area contributed by atoms with Crippen LogP contribution in [0.2, 0.25) is 0 Å². The Morgan fingerprint density at radius 2 is 2.00 bits per heavy atom. The minimum atomic E-state index is -0.242. The van der Waals surface area contributed by atoms with E-state index >= 15 is 0 Å². The van der Waals surface area contributed by atoms with Gasteiger partial charge < -0.3 is 15.5 Å². The van der Waals surface area contributed by atoms with Gasteiger partial charge in [0.1, 0.15) is 0 Å². The van der Waals surface area contributed by atoms with Gasteiger partial charge in [0.2, 0.25) is 5.91 Å². The summed E-state index contributed by atoms with van der Waals surface area (Å²) in [4.78, 5) is 26.8. The molecule has 20 heavy (non-hydrogen) atoms. The molecule has 2 aliphatic rings. The summed E-state index contributed by atoms with van der Waals surface area (Å²) in [5.41, 5.74) is 0. The normalized spacial score (nSPS) is 20.8. The first-order valence-electron chi connectivity index (χ1n) is 7.72. The number of hydrogen-bond acceptors (Lipinski definition) is 4. The van der Waals surface area contributed by atoms with Crippen molar-refractivity contribution in [2.24, 2.45) is 5.92 Å². The van der Waals surface area contributed by atoms with Gasteiger partial charge in [-0.1, -0.05) is 6.92 Å². The van der Waals surface area contributed by atoms with Crippen LogP contribution in [0.25, 0.3) is 0 Å². The summed E-state index contributed by atoms with van der Waals surface area (Å²) in [5.74, 6) is 0.638. The van der Waals surface area contributed by atoms with Crippen LogP contribution in [0.3, 0.4) is 0 Å². The lowest BCUT2D eigenvalue weighted by Crippen LogP contribution is -2.42. The predicted octanol–water partition coefficient (Wildman–Crippen LogP) is 0.250. The lowest BCUT2D eigenvalue weighted by molar-refractivity contribution is -0.125. The fourth-order valence-electron chi connectivity index (χ4n) is 2.96. The largest absolute Gasteiger partial charge is 0.329 e. The standard InChI is InChI=1S/C14H26N4O2/c1-2-7-17(11-12-3-5-15-6-4-12)8-9-18-13(19)10-16-14(18)20/h12,15H,2-11H2,1H3,(H,16,20). The Kier molecular flexibility index (Phi) is 5.79. The molecule has 114 valence electrons. The van der Waals surface area contributed by atoms with E-state index in [0.717, 1.165) is 45.1 Å². The molecule has 2 fully saturated rings. The summed E-state index contributed by atoms with van der Waals surface area (Å²) in [5, 5.41) is 5.95. The van der Waals surface area contributed by atoms with Gasteiger partial charge in [0.15, 0.2) is 0 Å². The summed E-state index contributed by atoms with van der Waals surface area (Å²) in [6, 6.07) is -0.242. The van der Waals surface area contributed by atoms with Crippen molar-refractivity contribution in [3.8, 4) is 0 Å². The second kappa shape index (κ2) is 7.59. The van der Waals surface area contributed by atoms with Crippen LogP contribution in [0, 0.1) is 5.92 Å². The zero-order valence-corrected chi connectivity index (χ0v) is 12.4. The van der Waals surface area contributed by atoms with Crippen molar-refractivity contribution in [1.29, 1.82) is 0 Å². The number of nitrogens with zero attached hydrogens (tertiary/aromatic N) is 2. The number of rotatable bonds is 7. The van der Waals surface area contributed by atoms with Crippen molar-refractivity contribution < 1.29 is 9.59 Å². The van der Waals surface area contributed by atoms with Crippen molar-refractivity contribution in [2.45, 2.75) is 26.2 Å². The van der Waals surface area contributed by atoms with E-state index in [-0.39, 0.29) is 18.5 Å². The van der Waals surface area contributed by atoms with Gasteiger partial charge in [-0.15, -0.1) is 0 Å². The Bertz CT molecular complexity index is 326. The van der Waals surface area contributed by atoms with Crippen LogP contribution >= 0.6 is 0 Å². The first-order valence-corrected chi connectivity index (χ1v) is 7.72. The van der Waals surface area contributed by atoms with E-state index in [1.165, 1.54) is 17.7 Å². The van der Waals surface area contributed by atoms with Crippen LogP contribution in [0.1, 0.15) is 26.2 Å². The SMILES string of the molecule is CCCN(CCN1C(=O)CNC1=O)CC1CCNCC1. The molecule has 0 atom stereocenters. The molecule has 2 saturated heterocycles. The van der Waals surface area contributed by atoms with Crippen LogP contribution in [0.15, 0.2) is 0 Å². The molecule has 0 aromatic carbocycles. The highest BCUT2D eigenvalue weighted by molar-refractivity contribution is 6.01. The van der Waals surface area contributed by atoms with Gasteiger partial charge in [-0.05, 0) is 44.8 Å². The third-order valence-electron chi connectivity index (χ3n) is 4.09. The number of carbonyl (C=O) groups excluding carboxylic acids is 2. The van der Waals surface area contributed by atoms with Crippen molar-refractivity contribution in [3.63, 3.8) is 0 Å². The Labute approximate surface area is 120 Å². The molecule has 0 bridgehead atoms. The summed E-state index contributed by atoms with van der Waals surface area (Å²) < 4.78 is 0. The fourth-order valence-corrected chi connectivity index (χ4v) is 2.96. The van der Waals surface area contributed by atoms with Gasteiger partial charge in [-0.25, -0.2) is 4.79 Å². The highest BCUT2D eigenvalue weighted by atomic mass is 16.2. The number of nitrogens with one attached hydrogen (secondary N) is 2. The van der Waals surface area contributed by atoms with Crippen LogP contribution in [-0.4, -0.2) is 67.6 Å². The average Bonchev–Trinajstić information content (AvgIpc) is 2.77. The van der Waals surface area contributed by atoms with E-state index < -0.39 is 0 Å². The summed E-state index contributed by atoms with van der Waals surface area (Å²) in [7, 11) is 0. The number of amides is 3. The molecule has 0 spiro atoms.